The van der Waals surface area contributed by atoms with Crippen molar-refractivity contribution in [2.24, 2.45) is 0 Å². The van der Waals surface area contributed by atoms with Crippen LogP contribution < -0.4 is 21.2 Å². The fourth-order valence-corrected chi connectivity index (χ4v) is 3.47. The highest BCUT2D eigenvalue weighted by Crippen LogP contribution is 1.97. The molecule has 3 heteroatoms. The van der Waals surface area contributed by atoms with Crippen molar-refractivity contribution >= 4 is 5.97 Å². The van der Waals surface area contributed by atoms with E-state index in [9.17, 15) is 4.79 Å². The molecule has 2 aromatic carbocycles. The largest absolute Gasteiger partial charge is 0.478 e. The van der Waals surface area contributed by atoms with E-state index in [1.165, 1.54) is 7.14 Å². The molecule has 2 rings (SSSR count). The van der Waals surface area contributed by atoms with E-state index >= 15 is 0 Å². The third-order valence-corrected chi connectivity index (χ3v) is 4.73. The standard InChI is InChI=1S/C13H9IO2/c15-13(16)10-6-8-12(9-7-10)14-11-4-2-1-3-5-11/h1-9H/p+1. The molecule has 80 valence electrons. The molecule has 0 aliphatic carbocycles. The lowest BCUT2D eigenvalue weighted by molar-refractivity contribution is -0.597. The molecule has 0 fully saturated rings. The molecule has 0 atom stereocenters. The Kier molecular flexibility index (Phi) is 3.56. The van der Waals surface area contributed by atoms with Gasteiger partial charge in [-0.05, 0) is 36.4 Å². The lowest BCUT2D eigenvalue weighted by Crippen LogP contribution is -3.61. The molecule has 0 spiro atoms. The van der Waals surface area contributed by atoms with Gasteiger partial charge in [-0.2, -0.15) is 0 Å². The molecule has 0 bridgehead atoms. The zero-order chi connectivity index (χ0) is 11.4. The van der Waals surface area contributed by atoms with Crippen molar-refractivity contribution in [2.45, 2.75) is 0 Å². The van der Waals surface area contributed by atoms with Crippen LogP contribution in [-0.2, 0) is 0 Å². The van der Waals surface area contributed by atoms with Gasteiger partial charge in [-0.25, -0.2) is 4.79 Å². The van der Waals surface area contributed by atoms with Gasteiger partial charge in [-0.15, -0.1) is 0 Å². The molecule has 2 nitrogen and oxygen atoms in total. The first kappa shape index (κ1) is 11.1. The van der Waals surface area contributed by atoms with Gasteiger partial charge in [0.25, 0.3) is 0 Å². The van der Waals surface area contributed by atoms with Crippen LogP contribution in [0, 0.1) is 7.14 Å². The summed E-state index contributed by atoms with van der Waals surface area (Å²) >= 11 is -0.197. The monoisotopic (exact) mass is 325 g/mol. The maximum absolute atomic E-state index is 10.7. The summed E-state index contributed by atoms with van der Waals surface area (Å²) in [5, 5.41) is 8.77. The van der Waals surface area contributed by atoms with Gasteiger partial charge in [-0.1, -0.05) is 18.2 Å². The quantitative estimate of drug-likeness (QED) is 0.774. The zero-order valence-corrected chi connectivity index (χ0v) is 10.6. The second-order valence-electron chi connectivity index (χ2n) is 3.20. The third-order valence-electron chi connectivity index (χ3n) is 2.04. The Hall–Kier alpha value is -1.36. The van der Waals surface area contributed by atoms with Crippen LogP contribution in [0.2, 0.25) is 0 Å². The Morgan fingerprint density at radius 2 is 1.44 bits per heavy atom. The van der Waals surface area contributed by atoms with Gasteiger partial charge in [-0.3, -0.25) is 0 Å². The lowest BCUT2D eigenvalue weighted by Gasteiger charge is -1.91. The van der Waals surface area contributed by atoms with E-state index < -0.39 is 5.97 Å². The molecule has 0 amide bonds. The molecule has 0 aromatic heterocycles. The van der Waals surface area contributed by atoms with Crippen molar-refractivity contribution in [3.8, 4) is 0 Å². The van der Waals surface area contributed by atoms with E-state index in [1.807, 2.05) is 30.3 Å². The zero-order valence-electron chi connectivity index (χ0n) is 8.43. The minimum Gasteiger partial charge on any atom is -0.478 e. The number of hydrogen-bond donors (Lipinski definition) is 1. The fraction of sp³-hybridized carbons (Fsp3) is 0. The molecule has 16 heavy (non-hydrogen) atoms. The van der Waals surface area contributed by atoms with Gasteiger partial charge in [0.1, 0.15) is 0 Å². The first-order chi connectivity index (χ1) is 7.75. The molecule has 0 heterocycles. The summed E-state index contributed by atoms with van der Waals surface area (Å²) in [4.78, 5) is 10.7. The highest BCUT2D eigenvalue weighted by Gasteiger charge is 2.15. The van der Waals surface area contributed by atoms with Crippen LogP contribution in [-0.4, -0.2) is 11.1 Å². The predicted octanol–water partition coefficient (Wildman–Crippen LogP) is -0.487. The summed E-state index contributed by atoms with van der Waals surface area (Å²) in [6.07, 6.45) is 0. The number of carboxylic acid groups (broad SMARTS) is 1. The Morgan fingerprint density at radius 3 is 2.00 bits per heavy atom. The van der Waals surface area contributed by atoms with Crippen molar-refractivity contribution in [1.29, 1.82) is 0 Å². The van der Waals surface area contributed by atoms with E-state index in [0.717, 1.165) is 0 Å². The first-order valence-corrected chi connectivity index (χ1v) is 6.95. The third kappa shape index (κ3) is 2.82. The summed E-state index contributed by atoms with van der Waals surface area (Å²) in [5.41, 5.74) is 0.348. The molecular formula is C13H10IO2+. The van der Waals surface area contributed by atoms with Crippen LogP contribution in [0.1, 0.15) is 10.4 Å². The van der Waals surface area contributed by atoms with E-state index in [1.54, 1.807) is 12.1 Å². The molecule has 0 radical (unpaired) electrons. The number of aromatic carboxylic acids is 1. The SMILES string of the molecule is O=C(O)c1ccc([I+]c2ccccc2)cc1. The molecule has 0 saturated heterocycles. The van der Waals surface area contributed by atoms with Crippen LogP contribution in [0.25, 0.3) is 0 Å². The van der Waals surface area contributed by atoms with E-state index in [4.69, 9.17) is 5.11 Å². The van der Waals surface area contributed by atoms with Crippen LogP contribution in [0.5, 0.6) is 0 Å². The van der Waals surface area contributed by atoms with Crippen LogP contribution in [0.4, 0.5) is 0 Å². The smallest absolute Gasteiger partial charge is 0.357 e. The number of hydrogen-bond acceptors (Lipinski definition) is 1. The van der Waals surface area contributed by atoms with E-state index in [2.05, 4.69) is 12.1 Å². The summed E-state index contributed by atoms with van der Waals surface area (Å²) < 4.78 is 2.57. The Bertz CT molecular complexity index is 477. The van der Waals surface area contributed by atoms with Crippen LogP contribution in [0.15, 0.2) is 54.6 Å². The molecule has 2 aromatic rings. The summed E-state index contributed by atoms with van der Waals surface area (Å²) in [7, 11) is 0. The van der Waals surface area contributed by atoms with Crippen molar-refractivity contribution < 1.29 is 31.1 Å². The second-order valence-corrected chi connectivity index (χ2v) is 6.23. The number of carboxylic acids is 1. The molecular weight excluding hydrogens is 315 g/mol. The van der Waals surface area contributed by atoms with Crippen molar-refractivity contribution in [1.82, 2.24) is 0 Å². The van der Waals surface area contributed by atoms with Gasteiger partial charge in [0.05, 0.1) is 5.56 Å². The van der Waals surface area contributed by atoms with Gasteiger partial charge in [0.15, 0.2) is 7.14 Å². The van der Waals surface area contributed by atoms with E-state index in [0.29, 0.717) is 5.56 Å². The molecule has 0 aliphatic rings. The van der Waals surface area contributed by atoms with Crippen molar-refractivity contribution in [3.05, 3.63) is 67.3 Å². The highest BCUT2D eigenvalue weighted by molar-refractivity contribution is 5.87. The van der Waals surface area contributed by atoms with Gasteiger partial charge >= 0.3 is 27.2 Å². The Morgan fingerprint density at radius 1 is 0.875 bits per heavy atom. The molecule has 0 saturated carbocycles. The maximum Gasteiger partial charge on any atom is 0.357 e. The van der Waals surface area contributed by atoms with Gasteiger partial charge in [0, 0.05) is 0 Å². The minimum atomic E-state index is -0.871. The topological polar surface area (TPSA) is 37.3 Å². The Labute approximate surface area is 104 Å². The predicted molar refractivity (Wildman–Crippen MR) is 57.2 cm³/mol. The fourth-order valence-electron chi connectivity index (χ4n) is 1.26. The minimum absolute atomic E-state index is 0.197. The van der Waals surface area contributed by atoms with Gasteiger partial charge < -0.3 is 5.11 Å². The Balaban J connectivity index is 2.14. The summed E-state index contributed by atoms with van der Waals surface area (Å²) in [6, 6.07) is 17.4. The molecule has 0 unspecified atom stereocenters. The highest BCUT2D eigenvalue weighted by atomic mass is 127. The number of rotatable bonds is 3. The number of carbonyl (C=O) groups is 1. The average Bonchev–Trinajstić information content (AvgIpc) is 2.31. The summed E-state index contributed by atoms with van der Waals surface area (Å²) in [6.45, 7) is 0. The number of halogens is 1. The first-order valence-electron chi connectivity index (χ1n) is 4.79. The second kappa shape index (κ2) is 5.12. The lowest BCUT2D eigenvalue weighted by atomic mass is 10.2. The van der Waals surface area contributed by atoms with Gasteiger partial charge in [0.2, 0.25) is 0 Å². The average molecular weight is 325 g/mol. The van der Waals surface area contributed by atoms with Crippen molar-refractivity contribution in [2.75, 3.05) is 0 Å². The molecule has 0 aliphatic heterocycles. The molecule has 1 N–H and O–H groups in total. The van der Waals surface area contributed by atoms with Crippen LogP contribution in [0.3, 0.4) is 0 Å². The van der Waals surface area contributed by atoms with Crippen LogP contribution >= 0.6 is 0 Å². The normalized spacial score (nSPS) is 10.0. The maximum atomic E-state index is 10.7. The summed E-state index contributed by atoms with van der Waals surface area (Å²) in [5.74, 6) is -0.871. The van der Waals surface area contributed by atoms with Crippen molar-refractivity contribution in [3.63, 3.8) is 0 Å². The number of benzene rings is 2. The van der Waals surface area contributed by atoms with E-state index in [-0.39, 0.29) is 21.2 Å².